The van der Waals surface area contributed by atoms with Gasteiger partial charge in [-0.25, -0.2) is 24.8 Å². The summed E-state index contributed by atoms with van der Waals surface area (Å²) in [6.07, 6.45) is 7.00. The summed E-state index contributed by atoms with van der Waals surface area (Å²) in [6.45, 7) is 0.0114. The molecule has 0 fully saturated rings. The maximum Gasteiger partial charge on any atom is 0.329 e. The standard InChI is InChI=1S/C12H12FN7O/c13-10-5-9(1-3-17-10)16-4-2-11(14)19-12(21)6-20-8-15-7-18-20/h1-5,7-8H,6H2,(H,16,17)(H2,14,19,21)/p+1/b4-2-. The number of amidine groups is 1. The molecule has 0 spiro atoms. The Balaban J connectivity index is 1.78. The highest BCUT2D eigenvalue weighted by Gasteiger charge is 2.10. The topological polar surface area (TPSA) is 110 Å². The highest BCUT2D eigenvalue weighted by Crippen LogP contribution is 2.05. The maximum atomic E-state index is 12.8. The molecular formula is C12H13FN7O+. The van der Waals surface area contributed by atoms with Gasteiger partial charge in [-0.1, -0.05) is 0 Å². The molecule has 108 valence electrons. The molecule has 0 saturated carbocycles. The highest BCUT2D eigenvalue weighted by molar-refractivity contribution is 6.00. The number of aromatic nitrogens is 4. The summed E-state index contributed by atoms with van der Waals surface area (Å²) >= 11 is 0. The first-order valence-corrected chi connectivity index (χ1v) is 5.93. The van der Waals surface area contributed by atoms with E-state index in [1.807, 2.05) is 0 Å². The van der Waals surface area contributed by atoms with Gasteiger partial charge in [0, 0.05) is 30.2 Å². The first-order chi connectivity index (χ1) is 10.1. The predicted octanol–water partition coefficient (Wildman–Crippen LogP) is -1.29. The zero-order valence-electron chi connectivity index (χ0n) is 10.9. The third kappa shape index (κ3) is 4.82. The Kier molecular flexibility index (Phi) is 4.70. The van der Waals surface area contributed by atoms with E-state index in [1.165, 1.54) is 41.9 Å². The van der Waals surface area contributed by atoms with E-state index >= 15 is 0 Å². The van der Waals surface area contributed by atoms with Crippen LogP contribution in [0.1, 0.15) is 0 Å². The summed E-state index contributed by atoms with van der Waals surface area (Å²) in [6, 6.07) is 2.82. The van der Waals surface area contributed by atoms with Crippen LogP contribution in [0, 0.1) is 5.95 Å². The molecule has 0 aliphatic heterocycles. The molecule has 0 unspecified atom stereocenters. The first-order valence-electron chi connectivity index (χ1n) is 5.93. The minimum absolute atomic E-state index is 0.0114. The summed E-state index contributed by atoms with van der Waals surface area (Å²) in [5.74, 6) is -0.786. The molecule has 2 aromatic heterocycles. The van der Waals surface area contributed by atoms with Gasteiger partial charge in [0.2, 0.25) is 5.95 Å². The molecular weight excluding hydrogens is 277 g/mol. The number of carbonyl (C=O) groups is 1. The van der Waals surface area contributed by atoms with Crippen LogP contribution in [0.5, 0.6) is 0 Å². The van der Waals surface area contributed by atoms with Crippen LogP contribution in [0.4, 0.5) is 10.1 Å². The van der Waals surface area contributed by atoms with Crippen LogP contribution in [0.25, 0.3) is 0 Å². The lowest BCUT2D eigenvalue weighted by Gasteiger charge is -1.99. The van der Waals surface area contributed by atoms with Crippen molar-refractivity contribution < 1.29 is 14.6 Å². The SMILES string of the molecule is [NH2+]=C(/C=C\Nc1ccnc(F)c1)NC(=O)Cn1cncn1. The van der Waals surface area contributed by atoms with Crippen molar-refractivity contribution in [3.63, 3.8) is 0 Å². The van der Waals surface area contributed by atoms with Crippen molar-refractivity contribution in [1.82, 2.24) is 25.1 Å². The summed E-state index contributed by atoms with van der Waals surface area (Å²) in [7, 11) is 0. The number of amides is 1. The number of carbonyl (C=O) groups excluding carboxylic acids is 1. The average molecular weight is 290 g/mol. The molecule has 9 heteroatoms. The number of nitrogens with two attached hydrogens (primary N) is 1. The van der Waals surface area contributed by atoms with Crippen LogP contribution in [0.15, 0.2) is 43.3 Å². The smallest absolute Gasteiger partial charge is 0.329 e. The zero-order chi connectivity index (χ0) is 15.1. The van der Waals surface area contributed by atoms with Crippen molar-refractivity contribution >= 4 is 17.4 Å². The van der Waals surface area contributed by atoms with Gasteiger partial charge in [0.25, 0.3) is 5.84 Å². The molecule has 2 aromatic rings. The molecule has 21 heavy (non-hydrogen) atoms. The number of hydrogen-bond donors (Lipinski definition) is 3. The monoisotopic (exact) mass is 290 g/mol. The van der Waals surface area contributed by atoms with E-state index in [2.05, 4.69) is 25.7 Å². The fraction of sp³-hybridized carbons (Fsp3) is 0.0833. The number of hydrogen-bond acceptors (Lipinski definition) is 5. The second-order valence-corrected chi connectivity index (χ2v) is 3.94. The Hall–Kier alpha value is -3.10. The normalized spacial score (nSPS) is 10.5. The van der Waals surface area contributed by atoms with E-state index in [1.54, 1.807) is 6.07 Å². The van der Waals surface area contributed by atoms with Crippen molar-refractivity contribution in [3.05, 3.63) is 49.2 Å². The van der Waals surface area contributed by atoms with Gasteiger partial charge in [-0.15, -0.1) is 0 Å². The predicted molar refractivity (Wildman–Crippen MR) is 72.1 cm³/mol. The van der Waals surface area contributed by atoms with Gasteiger partial charge in [0.05, 0.1) is 0 Å². The molecule has 0 saturated heterocycles. The highest BCUT2D eigenvalue weighted by atomic mass is 19.1. The van der Waals surface area contributed by atoms with Gasteiger partial charge in [0.1, 0.15) is 19.2 Å². The number of nitrogens with one attached hydrogen (secondary N) is 2. The van der Waals surface area contributed by atoms with Crippen LogP contribution in [0.2, 0.25) is 0 Å². The molecule has 0 bridgehead atoms. The van der Waals surface area contributed by atoms with Crippen molar-refractivity contribution in [2.45, 2.75) is 6.54 Å². The molecule has 2 heterocycles. The molecule has 1 amide bonds. The third-order valence-corrected chi connectivity index (χ3v) is 2.30. The van der Waals surface area contributed by atoms with Gasteiger partial charge in [-0.2, -0.15) is 9.49 Å². The third-order valence-electron chi connectivity index (χ3n) is 2.30. The minimum Gasteiger partial charge on any atom is -0.361 e. The van der Waals surface area contributed by atoms with Gasteiger partial charge in [0.15, 0.2) is 0 Å². The number of anilines is 1. The first kappa shape index (κ1) is 14.3. The lowest BCUT2D eigenvalue weighted by atomic mass is 10.4. The Morgan fingerprint density at radius 2 is 2.38 bits per heavy atom. The summed E-state index contributed by atoms with van der Waals surface area (Å²) < 4.78 is 14.2. The van der Waals surface area contributed by atoms with E-state index in [9.17, 15) is 9.18 Å². The van der Waals surface area contributed by atoms with Gasteiger partial charge >= 0.3 is 5.91 Å². The second kappa shape index (κ2) is 6.89. The Labute approximate surface area is 119 Å². The number of pyridine rings is 1. The molecule has 8 nitrogen and oxygen atoms in total. The molecule has 2 rings (SSSR count). The molecule has 0 atom stereocenters. The molecule has 4 N–H and O–H groups in total. The van der Waals surface area contributed by atoms with Gasteiger partial charge < -0.3 is 5.32 Å². The fourth-order valence-corrected chi connectivity index (χ4v) is 1.42. The Bertz CT molecular complexity index is 653. The van der Waals surface area contributed by atoms with Crippen LogP contribution < -0.4 is 16.0 Å². The maximum absolute atomic E-state index is 12.8. The Morgan fingerprint density at radius 1 is 1.52 bits per heavy atom. The van der Waals surface area contributed by atoms with E-state index in [0.717, 1.165) is 0 Å². The lowest BCUT2D eigenvalue weighted by Crippen LogP contribution is -2.50. The summed E-state index contributed by atoms with van der Waals surface area (Å²) in [4.78, 5) is 18.7. The molecule has 0 radical (unpaired) electrons. The minimum atomic E-state index is -0.591. The van der Waals surface area contributed by atoms with Crippen LogP contribution in [-0.4, -0.2) is 31.5 Å². The number of halogens is 1. The largest absolute Gasteiger partial charge is 0.361 e. The van der Waals surface area contributed by atoms with Crippen LogP contribution >= 0.6 is 0 Å². The number of nitrogens with zero attached hydrogens (tertiary/aromatic N) is 4. The van der Waals surface area contributed by atoms with E-state index in [4.69, 9.17) is 5.41 Å². The average Bonchev–Trinajstić information content (AvgIpc) is 2.91. The Morgan fingerprint density at radius 3 is 3.10 bits per heavy atom. The van der Waals surface area contributed by atoms with E-state index < -0.39 is 5.95 Å². The van der Waals surface area contributed by atoms with Crippen molar-refractivity contribution in [3.8, 4) is 0 Å². The van der Waals surface area contributed by atoms with Crippen LogP contribution in [-0.2, 0) is 11.3 Å². The van der Waals surface area contributed by atoms with Gasteiger partial charge in [-0.3, -0.25) is 5.41 Å². The zero-order valence-corrected chi connectivity index (χ0v) is 10.9. The molecule has 0 aromatic carbocycles. The number of rotatable bonds is 5. The quantitative estimate of drug-likeness (QED) is 0.360. The van der Waals surface area contributed by atoms with Crippen LogP contribution in [0.3, 0.4) is 0 Å². The van der Waals surface area contributed by atoms with Gasteiger partial charge in [-0.05, 0) is 6.07 Å². The van der Waals surface area contributed by atoms with E-state index in [0.29, 0.717) is 5.69 Å². The fourth-order valence-electron chi connectivity index (χ4n) is 1.42. The summed E-state index contributed by atoms with van der Waals surface area (Å²) in [5.41, 5.74) is 0.514. The molecule has 0 aliphatic rings. The lowest BCUT2D eigenvalue weighted by molar-refractivity contribution is -0.128. The van der Waals surface area contributed by atoms with Crippen molar-refractivity contribution in [2.75, 3.05) is 5.32 Å². The van der Waals surface area contributed by atoms with Crippen molar-refractivity contribution in [2.24, 2.45) is 0 Å². The molecule has 0 aliphatic carbocycles. The van der Waals surface area contributed by atoms with Crippen molar-refractivity contribution in [1.29, 1.82) is 0 Å². The second-order valence-electron chi connectivity index (χ2n) is 3.94. The summed E-state index contributed by atoms with van der Waals surface area (Å²) in [5, 5.41) is 14.7. The van der Waals surface area contributed by atoms with E-state index in [-0.39, 0.29) is 18.3 Å².